The average molecular weight is 290 g/mol. The first-order valence-corrected chi connectivity index (χ1v) is 8.40. The van der Waals surface area contributed by atoms with Crippen molar-refractivity contribution in [2.75, 3.05) is 17.2 Å². The second kappa shape index (κ2) is 7.10. The van der Waals surface area contributed by atoms with Crippen molar-refractivity contribution in [1.82, 2.24) is 9.97 Å². The van der Waals surface area contributed by atoms with Gasteiger partial charge in [0.25, 0.3) is 0 Å². The highest BCUT2D eigenvalue weighted by Crippen LogP contribution is 2.31. The summed E-state index contributed by atoms with van der Waals surface area (Å²) in [4.78, 5) is 9.29. The average Bonchev–Trinajstić information content (AvgIpc) is 2.44. The van der Waals surface area contributed by atoms with E-state index in [4.69, 9.17) is 4.98 Å². The van der Waals surface area contributed by atoms with Crippen molar-refractivity contribution in [3.63, 3.8) is 0 Å². The molecule has 118 valence electrons. The monoisotopic (exact) mass is 290 g/mol. The minimum atomic E-state index is 0.340. The fraction of sp³-hybridized carbons (Fsp3) is 0.765. The first-order chi connectivity index (χ1) is 10.0. The van der Waals surface area contributed by atoms with Crippen molar-refractivity contribution in [2.24, 2.45) is 11.8 Å². The minimum absolute atomic E-state index is 0.340. The van der Waals surface area contributed by atoms with Gasteiger partial charge in [0.05, 0.1) is 0 Å². The van der Waals surface area contributed by atoms with Gasteiger partial charge in [-0.15, -0.1) is 0 Å². The van der Waals surface area contributed by atoms with Crippen LogP contribution in [-0.2, 0) is 0 Å². The topological polar surface area (TPSA) is 49.8 Å². The molecule has 1 aromatic rings. The molecule has 1 aliphatic rings. The lowest BCUT2D eigenvalue weighted by Crippen LogP contribution is -2.35. The fourth-order valence-corrected chi connectivity index (χ4v) is 3.05. The normalized spacial score (nSPS) is 25.9. The zero-order valence-corrected chi connectivity index (χ0v) is 14.1. The summed E-state index contributed by atoms with van der Waals surface area (Å²) >= 11 is 0. The Morgan fingerprint density at radius 3 is 2.57 bits per heavy atom. The van der Waals surface area contributed by atoms with E-state index in [0.29, 0.717) is 17.9 Å². The molecule has 3 atom stereocenters. The Balaban J connectivity index is 2.18. The van der Waals surface area contributed by atoms with Crippen LogP contribution in [-0.4, -0.2) is 22.6 Å². The lowest BCUT2D eigenvalue weighted by molar-refractivity contribution is 0.253. The molecule has 0 aromatic carbocycles. The summed E-state index contributed by atoms with van der Waals surface area (Å²) in [6, 6.07) is 2.57. The number of rotatable bonds is 5. The first kappa shape index (κ1) is 16.1. The second-order valence-electron chi connectivity index (χ2n) is 6.70. The maximum absolute atomic E-state index is 4.71. The Hall–Kier alpha value is -1.32. The van der Waals surface area contributed by atoms with Gasteiger partial charge in [0.2, 0.25) is 0 Å². The smallest absolute Gasteiger partial charge is 0.135 e. The molecule has 0 bridgehead atoms. The van der Waals surface area contributed by atoms with Crippen LogP contribution < -0.4 is 10.6 Å². The molecule has 2 N–H and O–H groups in total. The van der Waals surface area contributed by atoms with Crippen LogP contribution in [0, 0.1) is 11.8 Å². The van der Waals surface area contributed by atoms with Gasteiger partial charge < -0.3 is 10.6 Å². The summed E-state index contributed by atoms with van der Waals surface area (Å²) in [7, 11) is 0. The number of hydrogen-bond acceptors (Lipinski definition) is 4. The van der Waals surface area contributed by atoms with Crippen molar-refractivity contribution in [3.05, 3.63) is 11.9 Å². The van der Waals surface area contributed by atoms with E-state index in [-0.39, 0.29) is 0 Å². The maximum Gasteiger partial charge on any atom is 0.135 e. The van der Waals surface area contributed by atoms with Gasteiger partial charge in [-0.1, -0.05) is 40.5 Å². The molecule has 3 unspecified atom stereocenters. The molecule has 0 amide bonds. The summed E-state index contributed by atoms with van der Waals surface area (Å²) in [6.45, 7) is 12.0. The van der Waals surface area contributed by atoms with Crippen LogP contribution >= 0.6 is 0 Å². The van der Waals surface area contributed by atoms with Crippen molar-refractivity contribution < 1.29 is 0 Å². The van der Waals surface area contributed by atoms with Crippen LogP contribution in [0.15, 0.2) is 6.07 Å². The van der Waals surface area contributed by atoms with E-state index in [1.165, 1.54) is 19.3 Å². The van der Waals surface area contributed by atoms with Crippen molar-refractivity contribution in [1.29, 1.82) is 0 Å². The first-order valence-electron chi connectivity index (χ1n) is 8.40. The predicted molar refractivity (Wildman–Crippen MR) is 89.9 cm³/mol. The summed E-state index contributed by atoms with van der Waals surface area (Å²) in [6.07, 6.45) is 3.90. The van der Waals surface area contributed by atoms with Crippen LogP contribution in [0.25, 0.3) is 0 Å². The molecule has 4 nitrogen and oxygen atoms in total. The predicted octanol–water partition coefficient (Wildman–Crippen LogP) is 4.27. The third-order valence-corrected chi connectivity index (χ3v) is 4.66. The third kappa shape index (κ3) is 4.08. The van der Waals surface area contributed by atoms with Gasteiger partial charge in [-0.3, -0.25) is 0 Å². The standard InChI is InChI=1S/C17H30N4/c1-6-18-15-10-16(21-17(20-15)11(2)3)19-14-9-7-8-12(4)13(14)5/h10-14H,6-9H2,1-5H3,(H2,18,19,20,21). The highest BCUT2D eigenvalue weighted by Gasteiger charge is 2.27. The summed E-state index contributed by atoms with van der Waals surface area (Å²) in [5, 5.41) is 6.97. The van der Waals surface area contributed by atoms with E-state index in [0.717, 1.165) is 29.9 Å². The molecule has 0 saturated heterocycles. The number of hydrogen-bond donors (Lipinski definition) is 2. The molecule has 21 heavy (non-hydrogen) atoms. The van der Waals surface area contributed by atoms with E-state index in [1.807, 2.05) is 6.07 Å². The molecule has 1 saturated carbocycles. The minimum Gasteiger partial charge on any atom is -0.370 e. The highest BCUT2D eigenvalue weighted by atomic mass is 15.1. The van der Waals surface area contributed by atoms with Crippen LogP contribution in [0.3, 0.4) is 0 Å². The quantitative estimate of drug-likeness (QED) is 0.850. The maximum atomic E-state index is 4.71. The summed E-state index contributed by atoms with van der Waals surface area (Å²) in [5.41, 5.74) is 0. The summed E-state index contributed by atoms with van der Waals surface area (Å²) < 4.78 is 0. The number of nitrogens with zero attached hydrogens (tertiary/aromatic N) is 2. The Kier molecular flexibility index (Phi) is 5.43. The van der Waals surface area contributed by atoms with E-state index in [2.05, 4.69) is 50.2 Å². The van der Waals surface area contributed by atoms with Gasteiger partial charge in [0, 0.05) is 24.6 Å². The Morgan fingerprint density at radius 2 is 1.90 bits per heavy atom. The second-order valence-corrected chi connectivity index (χ2v) is 6.70. The Bertz CT molecular complexity index is 458. The van der Waals surface area contributed by atoms with Crippen molar-refractivity contribution in [3.8, 4) is 0 Å². The van der Waals surface area contributed by atoms with Gasteiger partial charge in [-0.05, 0) is 25.2 Å². The Labute approximate surface area is 129 Å². The molecule has 1 heterocycles. The molecule has 1 aliphatic carbocycles. The molecule has 1 aromatic heterocycles. The van der Waals surface area contributed by atoms with Crippen molar-refractivity contribution >= 4 is 11.6 Å². The van der Waals surface area contributed by atoms with E-state index < -0.39 is 0 Å². The largest absolute Gasteiger partial charge is 0.370 e. The lowest BCUT2D eigenvalue weighted by atomic mass is 9.78. The van der Waals surface area contributed by atoms with Crippen molar-refractivity contribution in [2.45, 2.75) is 65.8 Å². The van der Waals surface area contributed by atoms with Gasteiger partial charge >= 0.3 is 0 Å². The SMILES string of the molecule is CCNc1cc(NC2CCCC(C)C2C)nc(C(C)C)n1. The molecule has 0 aliphatic heterocycles. The van der Waals surface area contributed by atoms with Gasteiger partial charge in [-0.2, -0.15) is 0 Å². The number of anilines is 2. The van der Waals surface area contributed by atoms with Crippen LogP contribution in [0.1, 0.15) is 65.6 Å². The zero-order chi connectivity index (χ0) is 15.4. The summed E-state index contributed by atoms with van der Waals surface area (Å²) in [5.74, 6) is 4.62. The Morgan fingerprint density at radius 1 is 1.19 bits per heavy atom. The third-order valence-electron chi connectivity index (χ3n) is 4.66. The van der Waals surface area contributed by atoms with Crippen LogP contribution in [0.2, 0.25) is 0 Å². The molecule has 1 fully saturated rings. The van der Waals surface area contributed by atoms with E-state index in [9.17, 15) is 0 Å². The van der Waals surface area contributed by atoms with Gasteiger partial charge in [-0.25, -0.2) is 9.97 Å². The molecular formula is C17H30N4. The van der Waals surface area contributed by atoms with Crippen LogP contribution in [0.5, 0.6) is 0 Å². The van der Waals surface area contributed by atoms with E-state index >= 15 is 0 Å². The van der Waals surface area contributed by atoms with Gasteiger partial charge in [0.15, 0.2) is 0 Å². The van der Waals surface area contributed by atoms with E-state index in [1.54, 1.807) is 0 Å². The molecule has 2 rings (SSSR count). The molecular weight excluding hydrogens is 260 g/mol. The highest BCUT2D eigenvalue weighted by molar-refractivity contribution is 5.48. The van der Waals surface area contributed by atoms with Gasteiger partial charge in [0.1, 0.15) is 17.5 Å². The zero-order valence-electron chi connectivity index (χ0n) is 14.1. The fourth-order valence-electron chi connectivity index (χ4n) is 3.05. The molecule has 4 heteroatoms. The number of aromatic nitrogens is 2. The molecule has 0 radical (unpaired) electrons. The number of nitrogens with one attached hydrogen (secondary N) is 2. The lowest BCUT2D eigenvalue weighted by Gasteiger charge is -2.35. The van der Waals surface area contributed by atoms with Crippen LogP contribution in [0.4, 0.5) is 11.6 Å². The molecule has 0 spiro atoms.